The Labute approximate surface area is 114 Å². The molecule has 1 aromatic carbocycles. The van der Waals surface area contributed by atoms with Crippen LogP contribution in [0.5, 0.6) is 0 Å². The molecule has 0 spiro atoms. The number of aliphatic carboxylic acids is 1. The molecule has 18 heavy (non-hydrogen) atoms. The third kappa shape index (κ3) is 2.90. The van der Waals surface area contributed by atoms with Gasteiger partial charge in [-0.25, -0.2) is 4.79 Å². The zero-order valence-electron chi connectivity index (χ0n) is 9.80. The molecule has 5 heteroatoms. The third-order valence-electron chi connectivity index (χ3n) is 3.13. The number of carboxylic acids is 1. The number of carboxylic acid groups (broad SMARTS) is 1. The van der Waals surface area contributed by atoms with Crippen molar-refractivity contribution in [2.45, 2.75) is 25.3 Å². The second-order valence-electron chi connectivity index (χ2n) is 4.39. The van der Waals surface area contributed by atoms with Crippen LogP contribution in [0.2, 0.25) is 0 Å². The van der Waals surface area contributed by atoms with E-state index in [-0.39, 0.29) is 12.3 Å². The van der Waals surface area contributed by atoms with E-state index in [2.05, 4.69) is 15.9 Å². The molecule has 1 saturated heterocycles. The summed E-state index contributed by atoms with van der Waals surface area (Å²) in [6, 6.07) is 6.84. The van der Waals surface area contributed by atoms with E-state index >= 15 is 0 Å². The van der Waals surface area contributed by atoms with Crippen LogP contribution >= 0.6 is 15.9 Å². The van der Waals surface area contributed by atoms with Gasteiger partial charge in [-0.15, -0.1) is 0 Å². The summed E-state index contributed by atoms with van der Waals surface area (Å²) in [6.45, 7) is 0.548. The maximum absolute atomic E-state index is 12.1. The molecule has 1 atom stereocenters. The minimum absolute atomic E-state index is 0.109. The zero-order valence-corrected chi connectivity index (χ0v) is 11.4. The minimum atomic E-state index is -0.906. The molecule has 1 unspecified atom stereocenters. The van der Waals surface area contributed by atoms with Gasteiger partial charge < -0.3 is 10.0 Å². The lowest BCUT2D eigenvalue weighted by Gasteiger charge is -2.21. The van der Waals surface area contributed by atoms with Crippen LogP contribution in [0, 0.1) is 0 Å². The van der Waals surface area contributed by atoms with E-state index in [9.17, 15) is 9.59 Å². The Balaban J connectivity index is 2.03. The van der Waals surface area contributed by atoms with Crippen LogP contribution in [0.1, 0.15) is 18.4 Å². The van der Waals surface area contributed by atoms with E-state index in [0.29, 0.717) is 13.0 Å². The van der Waals surface area contributed by atoms with Crippen LogP contribution in [0.3, 0.4) is 0 Å². The van der Waals surface area contributed by atoms with Crippen molar-refractivity contribution in [3.8, 4) is 0 Å². The molecule has 96 valence electrons. The van der Waals surface area contributed by atoms with Crippen LogP contribution in [0.15, 0.2) is 28.7 Å². The fourth-order valence-corrected chi connectivity index (χ4v) is 2.46. The highest BCUT2D eigenvalue weighted by atomic mass is 79.9. The zero-order chi connectivity index (χ0) is 13.1. The third-order valence-corrected chi connectivity index (χ3v) is 3.66. The lowest BCUT2D eigenvalue weighted by molar-refractivity contribution is -0.148. The lowest BCUT2D eigenvalue weighted by Crippen LogP contribution is -2.41. The molecule has 1 heterocycles. The van der Waals surface area contributed by atoms with Gasteiger partial charge in [0.15, 0.2) is 0 Å². The maximum Gasteiger partial charge on any atom is 0.326 e. The topological polar surface area (TPSA) is 57.6 Å². The van der Waals surface area contributed by atoms with Crippen LogP contribution in [0.4, 0.5) is 0 Å². The van der Waals surface area contributed by atoms with Crippen molar-refractivity contribution >= 4 is 27.8 Å². The number of benzene rings is 1. The van der Waals surface area contributed by atoms with Gasteiger partial charge in [0.1, 0.15) is 6.04 Å². The summed E-state index contributed by atoms with van der Waals surface area (Å²) in [5, 5.41) is 9.03. The molecular formula is C13H14BrNO3. The summed E-state index contributed by atoms with van der Waals surface area (Å²) in [4.78, 5) is 24.6. The Morgan fingerprint density at radius 3 is 2.61 bits per heavy atom. The Morgan fingerprint density at radius 2 is 2.00 bits per heavy atom. The molecule has 0 aliphatic carbocycles. The normalized spacial score (nSPS) is 18.9. The molecule has 1 fully saturated rings. The number of rotatable bonds is 3. The van der Waals surface area contributed by atoms with Crippen molar-refractivity contribution in [1.82, 2.24) is 4.90 Å². The molecule has 1 aliphatic rings. The number of hydrogen-bond donors (Lipinski definition) is 1. The first-order valence-electron chi connectivity index (χ1n) is 5.84. The molecule has 0 bridgehead atoms. The summed E-state index contributed by atoms with van der Waals surface area (Å²) in [5.41, 5.74) is 0.902. The first kappa shape index (κ1) is 13.1. The van der Waals surface area contributed by atoms with E-state index in [0.717, 1.165) is 16.5 Å². The van der Waals surface area contributed by atoms with Gasteiger partial charge in [-0.3, -0.25) is 4.79 Å². The van der Waals surface area contributed by atoms with Crippen LogP contribution in [0.25, 0.3) is 0 Å². The van der Waals surface area contributed by atoms with E-state index in [1.165, 1.54) is 4.90 Å². The van der Waals surface area contributed by atoms with Crippen molar-refractivity contribution in [1.29, 1.82) is 0 Å². The van der Waals surface area contributed by atoms with Crippen molar-refractivity contribution in [2.75, 3.05) is 6.54 Å². The number of carbonyl (C=O) groups is 2. The molecule has 2 rings (SSSR count). The average Bonchev–Trinajstić information content (AvgIpc) is 2.81. The van der Waals surface area contributed by atoms with E-state index in [1.807, 2.05) is 24.3 Å². The summed E-state index contributed by atoms with van der Waals surface area (Å²) in [5.74, 6) is -1.01. The van der Waals surface area contributed by atoms with E-state index in [4.69, 9.17) is 5.11 Å². The van der Waals surface area contributed by atoms with Crippen LogP contribution in [-0.2, 0) is 16.0 Å². The molecule has 0 aromatic heterocycles. The van der Waals surface area contributed by atoms with Crippen molar-refractivity contribution < 1.29 is 14.7 Å². The van der Waals surface area contributed by atoms with E-state index < -0.39 is 12.0 Å². The predicted octanol–water partition coefficient (Wildman–Crippen LogP) is 2.07. The summed E-state index contributed by atoms with van der Waals surface area (Å²) in [7, 11) is 0. The molecular weight excluding hydrogens is 298 g/mol. The van der Waals surface area contributed by atoms with Gasteiger partial charge in [0.05, 0.1) is 6.42 Å². The van der Waals surface area contributed by atoms with Gasteiger partial charge in [0.25, 0.3) is 0 Å². The molecule has 1 N–H and O–H groups in total. The number of carbonyl (C=O) groups excluding carboxylic acids is 1. The molecule has 0 radical (unpaired) electrons. The molecule has 1 aromatic rings. The lowest BCUT2D eigenvalue weighted by atomic mass is 10.1. The highest BCUT2D eigenvalue weighted by molar-refractivity contribution is 9.10. The Bertz CT molecular complexity index is 458. The highest BCUT2D eigenvalue weighted by Gasteiger charge is 2.33. The summed E-state index contributed by atoms with van der Waals surface area (Å²) >= 11 is 3.33. The van der Waals surface area contributed by atoms with Gasteiger partial charge in [0.2, 0.25) is 5.91 Å². The number of amides is 1. The smallest absolute Gasteiger partial charge is 0.326 e. The Kier molecular flexibility index (Phi) is 4.01. The highest BCUT2D eigenvalue weighted by Crippen LogP contribution is 2.19. The Hall–Kier alpha value is -1.36. The first-order chi connectivity index (χ1) is 8.58. The fraction of sp³-hybridized carbons (Fsp3) is 0.385. The second-order valence-corrected chi connectivity index (χ2v) is 5.30. The van der Waals surface area contributed by atoms with Crippen LogP contribution < -0.4 is 0 Å². The van der Waals surface area contributed by atoms with E-state index in [1.54, 1.807) is 0 Å². The first-order valence-corrected chi connectivity index (χ1v) is 6.64. The van der Waals surface area contributed by atoms with Crippen molar-refractivity contribution in [2.24, 2.45) is 0 Å². The van der Waals surface area contributed by atoms with Gasteiger partial charge in [0, 0.05) is 11.0 Å². The Morgan fingerprint density at radius 1 is 1.33 bits per heavy atom. The monoisotopic (exact) mass is 311 g/mol. The molecule has 4 nitrogen and oxygen atoms in total. The molecule has 1 amide bonds. The second kappa shape index (κ2) is 5.52. The number of likely N-dealkylation sites (tertiary alicyclic amines) is 1. The number of hydrogen-bond acceptors (Lipinski definition) is 2. The fourth-order valence-electron chi connectivity index (χ4n) is 2.20. The van der Waals surface area contributed by atoms with Gasteiger partial charge in [-0.2, -0.15) is 0 Å². The average molecular weight is 312 g/mol. The van der Waals surface area contributed by atoms with Crippen molar-refractivity contribution in [3.63, 3.8) is 0 Å². The van der Waals surface area contributed by atoms with Gasteiger partial charge in [-0.05, 0) is 30.5 Å². The summed E-state index contributed by atoms with van der Waals surface area (Å²) < 4.78 is 0.961. The summed E-state index contributed by atoms with van der Waals surface area (Å²) in [6.07, 6.45) is 1.58. The largest absolute Gasteiger partial charge is 0.480 e. The molecule has 0 saturated carbocycles. The number of halogens is 1. The van der Waals surface area contributed by atoms with Gasteiger partial charge >= 0.3 is 5.97 Å². The quantitative estimate of drug-likeness (QED) is 0.929. The number of nitrogens with zero attached hydrogens (tertiary/aromatic N) is 1. The minimum Gasteiger partial charge on any atom is -0.480 e. The predicted molar refractivity (Wildman–Crippen MR) is 70.2 cm³/mol. The SMILES string of the molecule is O=C(O)C1CCCN1C(=O)Cc1ccc(Br)cc1. The van der Waals surface area contributed by atoms with Gasteiger partial charge in [-0.1, -0.05) is 28.1 Å². The van der Waals surface area contributed by atoms with Crippen LogP contribution in [-0.4, -0.2) is 34.5 Å². The standard InChI is InChI=1S/C13H14BrNO3/c14-10-5-3-9(4-6-10)8-12(16)15-7-1-2-11(15)13(17)18/h3-6,11H,1-2,7-8H2,(H,17,18). The maximum atomic E-state index is 12.1. The van der Waals surface area contributed by atoms with Crippen molar-refractivity contribution in [3.05, 3.63) is 34.3 Å². The molecule has 1 aliphatic heterocycles.